The molecule has 1 aliphatic rings. The Bertz CT molecular complexity index is 185. The predicted molar refractivity (Wildman–Crippen MR) is 73.5 cm³/mol. The number of ether oxygens (including phenoxy) is 1. The Morgan fingerprint density at radius 3 is 2.94 bits per heavy atom. The van der Waals surface area contributed by atoms with E-state index >= 15 is 0 Å². The topological polar surface area (TPSA) is 24.5 Å². The van der Waals surface area contributed by atoms with Crippen molar-refractivity contribution in [2.45, 2.75) is 58.1 Å². The lowest BCUT2D eigenvalue weighted by Gasteiger charge is -2.32. The van der Waals surface area contributed by atoms with E-state index in [2.05, 4.69) is 24.1 Å². The predicted octanol–water partition coefficient (Wildman–Crippen LogP) is 2.27. The van der Waals surface area contributed by atoms with E-state index in [1.807, 2.05) is 7.05 Å². The minimum atomic E-state index is 0.491. The quantitative estimate of drug-likeness (QED) is 0.661. The molecule has 0 spiro atoms. The Hall–Kier alpha value is -0.120. The van der Waals surface area contributed by atoms with Crippen molar-refractivity contribution >= 4 is 0 Å². The number of hydrogen-bond donors (Lipinski definition) is 1. The zero-order valence-electron chi connectivity index (χ0n) is 11.9. The normalized spacial score (nSPS) is 23.8. The molecule has 1 saturated heterocycles. The van der Waals surface area contributed by atoms with E-state index in [4.69, 9.17) is 4.74 Å². The average molecular weight is 242 g/mol. The third kappa shape index (κ3) is 6.39. The van der Waals surface area contributed by atoms with E-state index in [-0.39, 0.29) is 0 Å². The first kappa shape index (κ1) is 14.9. The summed E-state index contributed by atoms with van der Waals surface area (Å²) in [7, 11) is 2.04. The molecule has 3 nitrogen and oxygen atoms in total. The summed E-state index contributed by atoms with van der Waals surface area (Å²) in [6.45, 7) is 8.88. The van der Waals surface area contributed by atoms with Crippen molar-refractivity contribution in [3.05, 3.63) is 0 Å². The monoisotopic (exact) mass is 242 g/mol. The van der Waals surface area contributed by atoms with Crippen LogP contribution in [0, 0.1) is 0 Å². The van der Waals surface area contributed by atoms with Crippen LogP contribution < -0.4 is 5.32 Å². The summed E-state index contributed by atoms with van der Waals surface area (Å²) in [5.41, 5.74) is 0. The van der Waals surface area contributed by atoms with E-state index in [0.29, 0.717) is 12.1 Å². The standard InChI is InChI=1S/C14H30N2O/c1-4-17-14-9-7-11-16(12-14)10-6-5-8-13(2)15-3/h13-15H,4-12H2,1-3H3. The molecule has 0 amide bonds. The molecule has 0 aliphatic carbocycles. The molecule has 102 valence electrons. The van der Waals surface area contributed by atoms with Crippen LogP contribution in [-0.2, 0) is 4.74 Å². The van der Waals surface area contributed by atoms with E-state index in [9.17, 15) is 0 Å². The fourth-order valence-electron chi connectivity index (χ4n) is 2.52. The smallest absolute Gasteiger partial charge is 0.0702 e. The summed E-state index contributed by atoms with van der Waals surface area (Å²) in [6, 6.07) is 0.660. The second-order valence-corrected chi connectivity index (χ2v) is 5.21. The molecule has 1 rings (SSSR count). The molecule has 1 N–H and O–H groups in total. The fourth-order valence-corrected chi connectivity index (χ4v) is 2.52. The molecular weight excluding hydrogens is 212 g/mol. The van der Waals surface area contributed by atoms with E-state index in [1.54, 1.807) is 0 Å². The van der Waals surface area contributed by atoms with Gasteiger partial charge in [0.25, 0.3) is 0 Å². The van der Waals surface area contributed by atoms with Gasteiger partial charge >= 0.3 is 0 Å². The van der Waals surface area contributed by atoms with E-state index < -0.39 is 0 Å². The SMILES string of the molecule is CCOC1CCCN(CCCCC(C)NC)C1. The molecule has 1 aliphatic heterocycles. The molecule has 3 heteroatoms. The maximum absolute atomic E-state index is 5.72. The Morgan fingerprint density at radius 2 is 2.24 bits per heavy atom. The third-order valence-electron chi connectivity index (χ3n) is 3.72. The molecule has 0 aromatic heterocycles. The molecule has 0 radical (unpaired) electrons. The zero-order valence-corrected chi connectivity index (χ0v) is 11.9. The van der Waals surface area contributed by atoms with Gasteiger partial charge in [0.15, 0.2) is 0 Å². The van der Waals surface area contributed by atoms with Gasteiger partial charge in [-0.2, -0.15) is 0 Å². The molecule has 1 fully saturated rings. The first-order valence-corrected chi connectivity index (χ1v) is 7.27. The molecule has 1 heterocycles. The van der Waals surface area contributed by atoms with Gasteiger partial charge in [0, 0.05) is 19.2 Å². The van der Waals surface area contributed by atoms with Crippen molar-refractivity contribution in [2.75, 3.05) is 33.3 Å². The molecule has 0 aromatic carbocycles. The van der Waals surface area contributed by atoms with Gasteiger partial charge in [-0.25, -0.2) is 0 Å². The number of hydrogen-bond acceptors (Lipinski definition) is 3. The summed E-state index contributed by atoms with van der Waals surface area (Å²) in [4.78, 5) is 2.58. The highest BCUT2D eigenvalue weighted by Gasteiger charge is 2.19. The number of nitrogens with one attached hydrogen (secondary N) is 1. The van der Waals surface area contributed by atoms with Crippen LogP contribution in [0.3, 0.4) is 0 Å². The molecule has 0 bridgehead atoms. The number of rotatable bonds is 8. The van der Waals surface area contributed by atoms with E-state index in [1.165, 1.54) is 45.2 Å². The average Bonchev–Trinajstić information content (AvgIpc) is 2.35. The van der Waals surface area contributed by atoms with Crippen LogP contribution in [0.15, 0.2) is 0 Å². The summed E-state index contributed by atoms with van der Waals surface area (Å²) in [5.74, 6) is 0. The van der Waals surface area contributed by atoms with Crippen LogP contribution in [0.1, 0.15) is 46.0 Å². The Kier molecular flexibility index (Phi) is 7.82. The zero-order chi connectivity index (χ0) is 12.5. The Balaban J connectivity index is 2.06. The highest BCUT2D eigenvalue weighted by molar-refractivity contribution is 4.73. The van der Waals surface area contributed by atoms with Crippen LogP contribution in [0.5, 0.6) is 0 Å². The van der Waals surface area contributed by atoms with Crippen LogP contribution in [-0.4, -0.2) is 50.3 Å². The van der Waals surface area contributed by atoms with Crippen LogP contribution >= 0.6 is 0 Å². The van der Waals surface area contributed by atoms with Gasteiger partial charge in [-0.05, 0) is 59.7 Å². The van der Waals surface area contributed by atoms with Gasteiger partial charge in [-0.3, -0.25) is 0 Å². The van der Waals surface area contributed by atoms with Crippen molar-refractivity contribution in [3.8, 4) is 0 Å². The molecule has 2 atom stereocenters. The largest absolute Gasteiger partial charge is 0.377 e. The lowest BCUT2D eigenvalue weighted by molar-refractivity contribution is 0.00556. The van der Waals surface area contributed by atoms with Gasteiger partial charge in [0.1, 0.15) is 0 Å². The van der Waals surface area contributed by atoms with Gasteiger partial charge in [-0.15, -0.1) is 0 Å². The number of unbranched alkanes of at least 4 members (excludes halogenated alkanes) is 1. The van der Waals surface area contributed by atoms with E-state index in [0.717, 1.165) is 13.2 Å². The van der Waals surface area contributed by atoms with Crippen LogP contribution in [0.4, 0.5) is 0 Å². The van der Waals surface area contributed by atoms with Crippen molar-refractivity contribution in [3.63, 3.8) is 0 Å². The van der Waals surface area contributed by atoms with Gasteiger partial charge in [0.05, 0.1) is 6.10 Å². The Morgan fingerprint density at radius 1 is 1.41 bits per heavy atom. The van der Waals surface area contributed by atoms with Crippen LogP contribution in [0.25, 0.3) is 0 Å². The summed E-state index contributed by atoms with van der Waals surface area (Å²) in [6.07, 6.45) is 6.99. The maximum Gasteiger partial charge on any atom is 0.0702 e. The highest BCUT2D eigenvalue weighted by Crippen LogP contribution is 2.14. The fraction of sp³-hybridized carbons (Fsp3) is 1.00. The van der Waals surface area contributed by atoms with Crippen molar-refractivity contribution in [1.82, 2.24) is 10.2 Å². The first-order chi connectivity index (χ1) is 8.26. The highest BCUT2D eigenvalue weighted by atomic mass is 16.5. The minimum Gasteiger partial charge on any atom is -0.377 e. The lowest BCUT2D eigenvalue weighted by Crippen LogP contribution is -2.40. The first-order valence-electron chi connectivity index (χ1n) is 7.27. The second kappa shape index (κ2) is 8.90. The maximum atomic E-state index is 5.72. The van der Waals surface area contributed by atoms with Crippen molar-refractivity contribution in [2.24, 2.45) is 0 Å². The van der Waals surface area contributed by atoms with Gasteiger partial charge in [-0.1, -0.05) is 6.42 Å². The molecule has 2 unspecified atom stereocenters. The number of likely N-dealkylation sites (tertiary alicyclic amines) is 1. The minimum absolute atomic E-state index is 0.491. The van der Waals surface area contributed by atoms with Gasteiger partial charge in [0.2, 0.25) is 0 Å². The van der Waals surface area contributed by atoms with Crippen molar-refractivity contribution in [1.29, 1.82) is 0 Å². The third-order valence-corrected chi connectivity index (χ3v) is 3.72. The molecule has 17 heavy (non-hydrogen) atoms. The molecular formula is C14H30N2O. The molecule has 0 saturated carbocycles. The lowest BCUT2D eigenvalue weighted by atomic mass is 10.1. The van der Waals surface area contributed by atoms with Crippen LogP contribution in [0.2, 0.25) is 0 Å². The summed E-state index contributed by atoms with van der Waals surface area (Å²) in [5, 5.41) is 3.29. The number of piperidine rings is 1. The van der Waals surface area contributed by atoms with Gasteiger partial charge < -0.3 is 15.0 Å². The Labute approximate surface area is 107 Å². The summed E-state index contributed by atoms with van der Waals surface area (Å²) < 4.78 is 5.72. The molecule has 0 aromatic rings. The number of nitrogens with zero attached hydrogens (tertiary/aromatic N) is 1. The van der Waals surface area contributed by atoms with Crippen molar-refractivity contribution < 1.29 is 4.74 Å². The summed E-state index contributed by atoms with van der Waals surface area (Å²) >= 11 is 0. The second-order valence-electron chi connectivity index (χ2n) is 5.21.